The second kappa shape index (κ2) is 13.1. The number of halogens is 1. The van der Waals surface area contributed by atoms with Gasteiger partial charge in [-0.2, -0.15) is 5.26 Å². The minimum atomic E-state index is -1.29. The van der Waals surface area contributed by atoms with Gasteiger partial charge in [0, 0.05) is 26.2 Å². The van der Waals surface area contributed by atoms with Gasteiger partial charge < -0.3 is 24.8 Å². The van der Waals surface area contributed by atoms with Gasteiger partial charge in [0.15, 0.2) is 0 Å². The molecule has 0 saturated carbocycles. The number of ether oxygens (including phenoxy) is 3. The Hall–Kier alpha value is -2.74. The molecule has 2 N–H and O–H groups in total. The number of rotatable bonds is 11. The largest absolute Gasteiger partial charge is 0.492 e. The zero-order valence-corrected chi connectivity index (χ0v) is 20.2. The molecule has 0 spiro atoms. The van der Waals surface area contributed by atoms with Crippen molar-refractivity contribution in [3.8, 4) is 11.8 Å². The number of esters is 1. The summed E-state index contributed by atoms with van der Waals surface area (Å²) in [6.45, 7) is 3.19. The van der Waals surface area contributed by atoms with Gasteiger partial charge in [-0.05, 0) is 31.0 Å². The van der Waals surface area contributed by atoms with Crippen molar-refractivity contribution in [1.82, 2.24) is 10.6 Å². The molecule has 1 aliphatic rings. The van der Waals surface area contributed by atoms with Crippen LogP contribution in [-0.2, 0) is 23.9 Å². The number of carbonyl (C=O) groups is 3. The van der Waals surface area contributed by atoms with E-state index in [1.54, 1.807) is 25.3 Å². The molecule has 1 aromatic rings. The molecule has 1 aliphatic heterocycles. The SMILES string of the molecule is CCOc1ccc([C@H]2C(C#N)=C(SCC(=O)NCCCOC)NC(=O)[C@@H]2C(=O)OC)cc1Cl. The van der Waals surface area contributed by atoms with Crippen LogP contribution < -0.4 is 15.4 Å². The predicted molar refractivity (Wildman–Crippen MR) is 124 cm³/mol. The molecule has 0 unspecified atom stereocenters. The van der Waals surface area contributed by atoms with E-state index < -0.39 is 23.7 Å². The first-order valence-corrected chi connectivity index (χ1v) is 11.6. The predicted octanol–water partition coefficient (Wildman–Crippen LogP) is 2.36. The van der Waals surface area contributed by atoms with Gasteiger partial charge >= 0.3 is 5.97 Å². The molecule has 1 heterocycles. The minimum Gasteiger partial charge on any atom is -0.492 e. The molecule has 0 aliphatic carbocycles. The standard InChI is InChI=1S/C22H26ClN3O6S/c1-4-32-16-7-6-13(10-15(16)23)18-14(11-24)21(26-20(28)19(18)22(29)31-3)33-12-17(27)25-8-5-9-30-2/h6-7,10,18-19H,4-5,8-9,12H2,1-3H3,(H,25,27)(H,26,28)/t18-,19+/m0/s1. The lowest BCUT2D eigenvalue weighted by Crippen LogP contribution is -2.44. The van der Waals surface area contributed by atoms with Gasteiger partial charge in [-0.25, -0.2) is 0 Å². The van der Waals surface area contributed by atoms with Crippen LogP contribution in [0.2, 0.25) is 5.02 Å². The molecule has 2 rings (SSSR count). The van der Waals surface area contributed by atoms with Crippen LogP contribution in [0.15, 0.2) is 28.8 Å². The molecular weight excluding hydrogens is 470 g/mol. The summed E-state index contributed by atoms with van der Waals surface area (Å²) in [5.74, 6) is -3.46. The number of hydrogen-bond donors (Lipinski definition) is 2. The smallest absolute Gasteiger partial charge is 0.319 e. The topological polar surface area (TPSA) is 127 Å². The van der Waals surface area contributed by atoms with E-state index in [0.29, 0.717) is 37.5 Å². The van der Waals surface area contributed by atoms with Gasteiger partial charge in [0.2, 0.25) is 11.8 Å². The number of nitriles is 1. The van der Waals surface area contributed by atoms with E-state index in [1.807, 2.05) is 6.92 Å². The number of methoxy groups -OCH3 is 2. The van der Waals surface area contributed by atoms with Crippen molar-refractivity contribution in [3.05, 3.63) is 39.4 Å². The summed E-state index contributed by atoms with van der Waals surface area (Å²) in [6.07, 6.45) is 0.664. The fourth-order valence-electron chi connectivity index (χ4n) is 3.30. The Bertz CT molecular complexity index is 962. The van der Waals surface area contributed by atoms with Crippen molar-refractivity contribution in [1.29, 1.82) is 5.26 Å². The van der Waals surface area contributed by atoms with Crippen LogP contribution in [-0.4, -0.2) is 57.5 Å². The fourth-order valence-corrected chi connectivity index (χ4v) is 4.42. The molecule has 2 amide bonds. The summed E-state index contributed by atoms with van der Waals surface area (Å²) in [6, 6.07) is 6.93. The highest BCUT2D eigenvalue weighted by Crippen LogP contribution is 2.42. The van der Waals surface area contributed by atoms with Crippen LogP contribution in [0.4, 0.5) is 0 Å². The lowest BCUT2D eigenvalue weighted by molar-refractivity contribution is -0.150. The molecule has 1 aromatic carbocycles. The Morgan fingerprint density at radius 3 is 2.70 bits per heavy atom. The molecule has 2 atom stereocenters. The van der Waals surface area contributed by atoms with Crippen molar-refractivity contribution >= 4 is 41.1 Å². The highest BCUT2D eigenvalue weighted by molar-refractivity contribution is 8.03. The Labute approximate surface area is 201 Å². The van der Waals surface area contributed by atoms with Crippen molar-refractivity contribution in [3.63, 3.8) is 0 Å². The number of carbonyl (C=O) groups excluding carboxylic acids is 3. The third-order valence-corrected chi connectivity index (χ3v) is 6.11. The lowest BCUT2D eigenvalue weighted by Gasteiger charge is -2.31. The van der Waals surface area contributed by atoms with E-state index in [1.165, 1.54) is 7.11 Å². The van der Waals surface area contributed by atoms with Gasteiger partial charge in [0.05, 0.1) is 41.2 Å². The molecule has 11 heteroatoms. The summed E-state index contributed by atoms with van der Waals surface area (Å²) in [5, 5.41) is 15.8. The van der Waals surface area contributed by atoms with Crippen LogP contribution in [0.3, 0.4) is 0 Å². The van der Waals surface area contributed by atoms with E-state index in [2.05, 4.69) is 16.7 Å². The van der Waals surface area contributed by atoms with Crippen LogP contribution in [0.1, 0.15) is 24.8 Å². The monoisotopic (exact) mass is 495 g/mol. The number of benzene rings is 1. The van der Waals surface area contributed by atoms with Gasteiger partial charge in [0.1, 0.15) is 11.7 Å². The Kier molecular flexibility index (Phi) is 10.5. The first kappa shape index (κ1) is 26.5. The maximum absolute atomic E-state index is 12.9. The van der Waals surface area contributed by atoms with Gasteiger partial charge in [-0.3, -0.25) is 14.4 Å². The Morgan fingerprint density at radius 2 is 2.09 bits per heavy atom. The van der Waals surface area contributed by atoms with Crippen molar-refractivity contribution in [2.45, 2.75) is 19.3 Å². The summed E-state index contributed by atoms with van der Waals surface area (Å²) in [4.78, 5) is 37.5. The van der Waals surface area contributed by atoms with Gasteiger partial charge in [-0.15, -0.1) is 0 Å². The highest BCUT2D eigenvalue weighted by Gasteiger charge is 2.44. The molecule has 178 valence electrons. The maximum atomic E-state index is 12.9. The average Bonchev–Trinajstić information content (AvgIpc) is 2.80. The van der Waals surface area contributed by atoms with Crippen molar-refractivity contribution in [2.24, 2.45) is 5.92 Å². The number of hydrogen-bond acceptors (Lipinski definition) is 8. The second-order valence-corrected chi connectivity index (χ2v) is 8.32. The number of allylic oxidation sites excluding steroid dienone is 1. The van der Waals surface area contributed by atoms with Crippen LogP contribution in [0.5, 0.6) is 5.75 Å². The molecule has 0 bridgehead atoms. The first-order chi connectivity index (χ1) is 15.9. The molecule has 0 aromatic heterocycles. The lowest BCUT2D eigenvalue weighted by atomic mass is 9.78. The van der Waals surface area contributed by atoms with E-state index in [4.69, 9.17) is 25.8 Å². The van der Waals surface area contributed by atoms with E-state index >= 15 is 0 Å². The quantitative estimate of drug-likeness (QED) is 0.272. The Balaban J connectivity index is 2.36. The molecule has 9 nitrogen and oxygen atoms in total. The average molecular weight is 496 g/mol. The van der Waals surface area contributed by atoms with E-state index in [9.17, 15) is 19.6 Å². The van der Waals surface area contributed by atoms with Crippen LogP contribution >= 0.6 is 23.4 Å². The molecule has 0 radical (unpaired) electrons. The fraction of sp³-hybridized carbons (Fsp3) is 0.455. The maximum Gasteiger partial charge on any atom is 0.319 e. The number of thioether (sulfide) groups is 1. The minimum absolute atomic E-state index is 0.0204. The Morgan fingerprint density at radius 1 is 1.33 bits per heavy atom. The zero-order chi connectivity index (χ0) is 24.4. The van der Waals surface area contributed by atoms with Crippen LogP contribution in [0, 0.1) is 17.2 Å². The van der Waals surface area contributed by atoms with E-state index in [-0.39, 0.29) is 27.3 Å². The number of amides is 2. The van der Waals surface area contributed by atoms with Crippen molar-refractivity contribution in [2.75, 3.05) is 39.7 Å². The number of nitrogens with one attached hydrogen (secondary N) is 2. The third kappa shape index (κ3) is 6.87. The van der Waals surface area contributed by atoms with Crippen molar-refractivity contribution < 1.29 is 28.6 Å². The second-order valence-electron chi connectivity index (χ2n) is 6.93. The third-order valence-electron chi connectivity index (χ3n) is 4.79. The highest BCUT2D eigenvalue weighted by atomic mass is 35.5. The summed E-state index contributed by atoms with van der Waals surface area (Å²) >= 11 is 7.33. The molecule has 33 heavy (non-hydrogen) atoms. The molecule has 0 fully saturated rings. The summed E-state index contributed by atoms with van der Waals surface area (Å²) in [7, 11) is 2.75. The zero-order valence-electron chi connectivity index (χ0n) is 18.6. The van der Waals surface area contributed by atoms with Gasteiger partial charge in [0.25, 0.3) is 0 Å². The molecular formula is C22H26ClN3O6S. The number of nitrogens with zero attached hydrogens (tertiary/aromatic N) is 1. The normalized spacial score (nSPS) is 17.7. The molecule has 0 saturated heterocycles. The van der Waals surface area contributed by atoms with Gasteiger partial charge in [-0.1, -0.05) is 29.4 Å². The van der Waals surface area contributed by atoms with Crippen LogP contribution in [0.25, 0.3) is 0 Å². The summed E-state index contributed by atoms with van der Waals surface area (Å²) in [5.41, 5.74) is 0.620. The first-order valence-electron chi connectivity index (χ1n) is 10.2. The summed E-state index contributed by atoms with van der Waals surface area (Å²) < 4.78 is 15.2. The van der Waals surface area contributed by atoms with E-state index in [0.717, 1.165) is 11.8 Å².